The average molecular weight is 324 g/mol. The molecular formula is C15H20N2O2S2. The first-order valence-corrected chi connectivity index (χ1v) is 9.38. The number of aryl methyl sites for hydroxylation is 1. The zero-order chi connectivity index (χ0) is 14.8. The van der Waals surface area contributed by atoms with Crippen LogP contribution in [0.25, 0.3) is 0 Å². The zero-order valence-electron chi connectivity index (χ0n) is 12.2. The van der Waals surface area contributed by atoms with Crippen LogP contribution in [0.1, 0.15) is 29.0 Å². The Balaban J connectivity index is 1.64. The molecule has 1 fully saturated rings. The topological polar surface area (TPSA) is 40.6 Å². The number of thioether (sulfide) groups is 1. The minimum atomic E-state index is -0.0339. The minimum Gasteiger partial charge on any atom is -0.339 e. The van der Waals surface area contributed by atoms with Gasteiger partial charge in [0, 0.05) is 37.5 Å². The predicted octanol–water partition coefficient (Wildman–Crippen LogP) is 2.16. The summed E-state index contributed by atoms with van der Waals surface area (Å²) in [6.45, 7) is 4.57. The molecular weight excluding hydrogens is 304 g/mol. The van der Waals surface area contributed by atoms with Gasteiger partial charge in [-0.15, -0.1) is 23.1 Å². The molecule has 114 valence electrons. The third-order valence-corrected chi connectivity index (χ3v) is 6.37. The molecule has 0 radical (unpaired) electrons. The van der Waals surface area contributed by atoms with Crippen LogP contribution >= 0.6 is 23.1 Å². The summed E-state index contributed by atoms with van der Waals surface area (Å²) < 4.78 is 0. The molecule has 1 unspecified atom stereocenters. The second-order valence-corrected chi connectivity index (χ2v) is 7.57. The van der Waals surface area contributed by atoms with Crippen molar-refractivity contribution in [2.24, 2.45) is 0 Å². The van der Waals surface area contributed by atoms with Crippen LogP contribution in [0.2, 0.25) is 0 Å². The van der Waals surface area contributed by atoms with E-state index in [0.29, 0.717) is 32.6 Å². The van der Waals surface area contributed by atoms with Gasteiger partial charge in [0.25, 0.3) is 0 Å². The molecule has 3 rings (SSSR count). The van der Waals surface area contributed by atoms with E-state index in [1.54, 1.807) is 23.1 Å². The molecule has 0 saturated carbocycles. The molecule has 0 aromatic carbocycles. The number of amides is 2. The first-order valence-electron chi connectivity index (χ1n) is 7.45. The Kier molecular flexibility index (Phi) is 4.54. The molecule has 0 aliphatic carbocycles. The Morgan fingerprint density at radius 3 is 2.67 bits per heavy atom. The van der Waals surface area contributed by atoms with Gasteiger partial charge in [-0.25, -0.2) is 0 Å². The van der Waals surface area contributed by atoms with Crippen molar-refractivity contribution in [3.8, 4) is 0 Å². The maximum Gasteiger partial charge on any atom is 0.240 e. The fourth-order valence-electron chi connectivity index (χ4n) is 2.92. The highest BCUT2D eigenvalue weighted by atomic mass is 32.2. The normalized spacial score (nSPS) is 22.0. The van der Waals surface area contributed by atoms with Crippen molar-refractivity contribution < 1.29 is 9.59 Å². The van der Waals surface area contributed by atoms with Crippen LogP contribution in [0.15, 0.2) is 11.4 Å². The third-order valence-electron chi connectivity index (χ3n) is 4.15. The zero-order valence-corrected chi connectivity index (χ0v) is 13.8. The van der Waals surface area contributed by atoms with Crippen molar-refractivity contribution in [1.29, 1.82) is 0 Å². The predicted molar refractivity (Wildman–Crippen MR) is 86.7 cm³/mol. The van der Waals surface area contributed by atoms with Gasteiger partial charge in [-0.3, -0.25) is 9.59 Å². The number of thiophene rings is 1. The van der Waals surface area contributed by atoms with Crippen molar-refractivity contribution in [1.82, 2.24) is 9.80 Å². The highest BCUT2D eigenvalue weighted by Crippen LogP contribution is 2.40. The van der Waals surface area contributed by atoms with E-state index >= 15 is 0 Å². The van der Waals surface area contributed by atoms with E-state index in [2.05, 4.69) is 11.4 Å². The molecule has 21 heavy (non-hydrogen) atoms. The lowest BCUT2D eigenvalue weighted by Gasteiger charge is -2.37. The minimum absolute atomic E-state index is 0.0339. The van der Waals surface area contributed by atoms with Crippen LogP contribution in [0, 0.1) is 0 Å². The lowest BCUT2D eigenvalue weighted by atomic mass is 10.1. The average Bonchev–Trinajstić information content (AvgIpc) is 3.02. The standard InChI is InChI=1S/C15H20N2O2S2/c1-2-13(18)16-5-7-17(8-6-16)15(19)14-11-3-9-20-12(11)4-10-21-14/h3,9,14H,2,4-8,10H2,1H3. The van der Waals surface area contributed by atoms with Gasteiger partial charge in [-0.2, -0.15) is 0 Å². The van der Waals surface area contributed by atoms with Crippen molar-refractivity contribution in [3.05, 3.63) is 21.9 Å². The van der Waals surface area contributed by atoms with Gasteiger partial charge in [-0.05, 0) is 29.2 Å². The molecule has 1 atom stereocenters. The number of hydrogen-bond acceptors (Lipinski definition) is 4. The lowest BCUT2D eigenvalue weighted by molar-refractivity contribution is -0.139. The van der Waals surface area contributed by atoms with Gasteiger partial charge in [0.1, 0.15) is 5.25 Å². The maximum absolute atomic E-state index is 12.8. The van der Waals surface area contributed by atoms with Gasteiger partial charge in [0.05, 0.1) is 0 Å². The van der Waals surface area contributed by atoms with E-state index in [0.717, 1.165) is 12.2 Å². The van der Waals surface area contributed by atoms with E-state index in [1.807, 2.05) is 16.7 Å². The summed E-state index contributed by atoms with van der Waals surface area (Å²) in [4.78, 5) is 29.6. The Bertz CT molecular complexity index is 536. The number of carbonyl (C=O) groups is 2. The summed E-state index contributed by atoms with van der Waals surface area (Å²) >= 11 is 3.52. The molecule has 2 aliphatic heterocycles. The third kappa shape index (κ3) is 2.97. The number of piperazine rings is 1. The summed E-state index contributed by atoms with van der Waals surface area (Å²) in [7, 11) is 0. The maximum atomic E-state index is 12.8. The molecule has 6 heteroatoms. The van der Waals surface area contributed by atoms with Gasteiger partial charge < -0.3 is 9.80 Å². The van der Waals surface area contributed by atoms with E-state index in [4.69, 9.17) is 0 Å². The SMILES string of the molecule is CCC(=O)N1CCN(C(=O)C2SCCc3sccc32)CC1. The quantitative estimate of drug-likeness (QED) is 0.837. The second-order valence-electron chi connectivity index (χ2n) is 5.36. The molecule has 0 spiro atoms. The Morgan fingerprint density at radius 1 is 1.24 bits per heavy atom. The van der Waals surface area contributed by atoms with Crippen molar-refractivity contribution in [2.45, 2.75) is 25.0 Å². The summed E-state index contributed by atoms with van der Waals surface area (Å²) in [5.74, 6) is 1.44. The number of rotatable bonds is 2. The summed E-state index contributed by atoms with van der Waals surface area (Å²) in [5.41, 5.74) is 1.22. The molecule has 2 amide bonds. The molecule has 4 nitrogen and oxygen atoms in total. The van der Waals surface area contributed by atoms with Gasteiger partial charge in [0.15, 0.2) is 0 Å². The number of fused-ring (bicyclic) bond motifs is 1. The van der Waals surface area contributed by atoms with E-state index in [1.165, 1.54) is 10.4 Å². The molecule has 2 aliphatic rings. The molecule has 1 saturated heterocycles. The Morgan fingerprint density at radius 2 is 1.95 bits per heavy atom. The second kappa shape index (κ2) is 6.40. The van der Waals surface area contributed by atoms with Crippen LogP contribution in [0.3, 0.4) is 0 Å². The highest BCUT2D eigenvalue weighted by molar-refractivity contribution is 8.00. The molecule has 1 aromatic heterocycles. The number of hydrogen-bond donors (Lipinski definition) is 0. The van der Waals surface area contributed by atoms with E-state index < -0.39 is 0 Å². The van der Waals surface area contributed by atoms with Crippen LogP contribution in [-0.2, 0) is 16.0 Å². The lowest BCUT2D eigenvalue weighted by Crippen LogP contribution is -2.51. The van der Waals surface area contributed by atoms with Crippen molar-refractivity contribution in [3.63, 3.8) is 0 Å². The largest absolute Gasteiger partial charge is 0.339 e. The summed E-state index contributed by atoms with van der Waals surface area (Å²) in [5, 5.41) is 2.06. The molecule has 0 bridgehead atoms. The Labute approximate surface area is 133 Å². The van der Waals surface area contributed by atoms with Gasteiger partial charge >= 0.3 is 0 Å². The number of nitrogens with zero attached hydrogens (tertiary/aromatic N) is 2. The van der Waals surface area contributed by atoms with E-state index in [9.17, 15) is 9.59 Å². The first kappa shape index (κ1) is 14.9. The summed E-state index contributed by atoms with van der Waals surface area (Å²) in [6, 6.07) is 2.10. The van der Waals surface area contributed by atoms with Crippen LogP contribution in [-0.4, -0.2) is 53.5 Å². The van der Waals surface area contributed by atoms with Crippen molar-refractivity contribution in [2.75, 3.05) is 31.9 Å². The number of carbonyl (C=O) groups excluding carboxylic acids is 2. The van der Waals surface area contributed by atoms with Crippen LogP contribution < -0.4 is 0 Å². The van der Waals surface area contributed by atoms with Crippen LogP contribution in [0.5, 0.6) is 0 Å². The van der Waals surface area contributed by atoms with E-state index in [-0.39, 0.29) is 17.1 Å². The summed E-state index contributed by atoms with van der Waals surface area (Å²) in [6.07, 6.45) is 1.63. The monoisotopic (exact) mass is 324 g/mol. The first-order chi connectivity index (χ1) is 10.2. The Hall–Kier alpha value is -1.01. The molecule has 0 N–H and O–H groups in total. The molecule has 3 heterocycles. The fraction of sp³-hybridized carbons (Fsp3) is 0.600. The fourth-order valence-corrected chi connectivity index (χ4v) is 5.29. The van der Waals surface area contributed by atoms with Gasteiger partial charge in [0.2, 0.25) is 11.8 Å². The van der Waals surface area contributed by atoms with Crippen molar-refractivity contribution >= 4 is 34.9 Å². The molecule has 1 aromatic rings. The van der Waals surface area contributed by atoms with Gasteiger partial charge in [-0.1, -0.05) is 6.92 Å². The smallest absolute Gasteiger partial charge is 0.240 e. The highest BCUT2D eigenvalue weighted by Gasteiger charge is 2.33. The van der Waals surface area contributed by atoms with Crippen LogP contribution in [0.4, 0.5) is 0 Å².